The summed E-state index contributed by atoms with van der Waals surface area (Å²) in [5.74, 6) is -0.858. The number of carbonyl (C=O) groups is 1. The molecule has 0 radical (unpaired) electrons. The van der Waals surface area contributed by atoms with Crippen LogP contribution < -0.4 is 14.8 Å². The van der Waals surface area contributed by atoms with Gasteiger partial charge in [0, 0.05) is 29.9 Å². The Hall–Kier alpha value is -3.46. The number of hydrogen-bond donors (Lipinski definition) is 2. The maximum atomic E-state index is 14.9. The monoisotopic (exact) mass is 456 g/mol. The molecule has 0 spiro atoms. The molecular weight excluding hydrogens is 430 g/mol. The number of carbonyl (C=O) groups excluding carboxylic acids is 1. The average molecular weight is 456 g/mol. The molecular formula is C24H26F2N4O3. The van der Waals surface area contributed by atoms with E-state index in [0.717, 1.165) is 13.0 Å². The highest BCUT2D eigenvalue weighted by Crippen LogP contribution is 2.35. The number of anilines is 1. The number of fused-ring (bicyclic) bond motifs is 1. The Morgan fingerprint density at radius 3 is 2.91 bits per heavy atom. The molecule has 0 saturated carbocycles. The summed E-state index contributed by atoms with van der Waals surface area (Å²) in [6.45, 7) is 1.38. The van der Waals surface area contributed by atoms with Crippen LogP contribution in [0.2, 0.25) is 0 Å². The van der Waals surface area contributed by atoms with Crippen molar-refractivity contribution in [2.24, 2.45) is 5.92 Å². The zero-order valence-electron chi connectivity index (χ0n) is 18.5. The molecule has 2 N–H and O–H groups in total. The fraction of sp³-hybridized carbons (Fsp3) is 0.333. The molecule has 33 heavy (non-hydrogen) atoms. The van der Waals surface area contributed by atoms with E-state index in [4.69, 9.17) is 9.47 Å². The molecule has 7 nitrogen and oxygen atoms in total. The summed E-state index contributed by atoms with van der Waals surface area (Å²) in [5.41, 5.74) is 1.75. The van der Waals surface area contributed by atoms with Crippen LogP contribution >= 0.6 is 0 Å². The molecule has 1 unspecified atom stereocenters. The van der Waals surface area contributed by atoms with Crippen LogP contribution in [0.25, 0.3) is 11.1 Å². The third-order valence-electron chi connectivity index (χ3n) is 5.44. The minimum atomic E-state index is -0.544. The van der Waals surface area contributed by atoms with Gasteiger partial charge in [0.05, 0.1) is 24.4 Å². The van der Waals surface area contributed by atoms with Gasteiger partial charge in [-0.25, -0.2) is 8.78 Å². The number of rotatable bonds is 8. The van der Waals surface area contributed by atoms with E-state index in [0.29, 0.717) is 41.2 Å². The highest BCUT2D eigenvalue weighted by Gasteiger charge is 2.27. The van der Waals surface area contributed by atoms with Crippen LogP contribution in [0.4, 0.5) is 14.5 Å². The largest absolute Gasteiger partial charge is 0.492 e. The Balaban J connectivity index is 1.53. The number of nitrogens with zero attached hydrogens (tertiary/aromatic N) is 2. The second kappa shape index (κ2) is 9.99. The van der Waals surface area contributed by atoms with Gasteiger partial charge in [-0.1, -0.05) is 0 Å². The molecule has 1 aliphatic rings. The lowest BCUT2D eigenvalue weighted by Crippen LogP contribution is -2.32. The van der Waals surface area contributed by atoms with Gasteiger partial charge in [-0.2, -0.15) is 5.10 Å². The number of ether oxygens (including phenoxy) is 2. The van der Waals surface area contributed by atoms with Gasteiger partial charge in [0.2, 0.25) is 5.91 Å². The summed E-state index contributed by atoms with van der Waals surface area (Å²) in [7, 11) is 3.94. The van der Waals surface area contributed by atoms with Gasteiger partial charge in [-0.3, -0.25) is 9.89 Å². The summed E-state index contributed by atoms with van der Waals surface area (Å²) < 4.78 is 40.0. The zero-order valence-corrected chi connectivity index (χ0v) is 18.5. The maximum absolute atomic E-state index is 14.9. The smallest absolute Gasteiger partial charge is 0.231 e. The van der Waals surface area contributed by atoms with E-state index in [9.17, 15) is 13.6 Å². The van der Waals surface area contributed by atoms with Crippen molar-refractivity contribution in [2.75, 3.05) is 39.2 Å². The Bertz CT molecular complexity index is 1120. The van der Waals surface area contributed by atoms with Crippen LogP contribution in [-0.2, 0) is 11.2 Å². The predicted molar refractivity (Wildman–Crippen MR) is 120 cm³/mol. The third kappa shape index (κ3) is 5.48. The molecule has 3 aromatic rings. The summed E-state index contributed by atoms with van der Waals surface area (Å²) in [6.07, 6.45) is 4.19. The van der Waals surface area contributed by atoms with Crippen molar-refractivity contribution in [2.45, 2.75) is 12.8 Å². The fourth-order valence-corrected chi connectivity index (χ4v) is 3.72. The summed E-state index contributed by atoms with van der Waals surface area (Å²) in [6, 6.07) is 7.06. The highest BCUT2D eigenvalue weighted by molar-refractivity contribution is 5.95. The van der Waals surface area contributed by atoms with Gasteiger partial charge in [-0.05, 0) is 56.8 Å². The second-order valence-corrected chi connectivity index (χ2v) is 8.27. The van der Waals surface area contributed by atoms with E-state index >= 15 is 0 Å². The van der Waals surface area contributed by atoms with E-state index in [1.54, 1.807) is 18.3 Å². The number of H-pyrrole nitrogens is 1. The van der Waals surface area contributed by atoms with Gasteiger partial charge in [0.15, 0.2) is 0 Å². The molecule has 0 aliphatic carbocycles. The quantitative estimate of drug-likeness (QED) is 0.503. The van der Waals surface area contributed by atoms with Crippen molar-refractivity contribution >= 4 is 11.6 Å². The zero-order chi connectivity index (χ0) is 23.4. The molecule has 0 bridgehead atoms. The van der Waals surface area contributed by atoms with Gasteiger partial charge in [0.1, 0.15) is 29.7 Å². The van der Waals surface area contributed by atoms with E-state index in [1.807, 2.05) is 19.0 Å². The molecule has 1 amide bonds. The molecule has 174 valence electrons. The van der Waals surface area contributed by atoms with Gasteiger partial charge < -0.3 is 19.7 Å². The Morgan fingerprint density at radius 2 is 2.15 bits per heavy atom. The number of nitrogens with one attached hydrogen (secondary N) is 2. The van der Waals surface area contributed by atoms with E-state index in [-0.39, 0.29) is 24.0 Å². The van der Waals surface area contributed by atoms with E-state index in [1.165, 1.54) is 24.4 Å². The lowest BCUT2D eigenvalue weighted by atomic mass is 9.95. The molecule has 0 fully saturated rings. The first-order valence-corrected chi connectivity index (χ1v) is 10.7. The van der Waals surface area contributed by atoms with Crippen LogP contribution in [0.5, 0.6) is 11.5 Å². The van der Waals surface area contributed by atoms with Crippen LogP contribution in [-0.4, -0.2) is 54.9 Å². The molecule has 2 aromatic carbocycles. The first kappa shape index (κ1) is 22.7. The average Bonchev–Trinajstić information content (AvgIpc) is 3.31. The lowest BCUT2D eigenvalue weighted by molar-refractivity contribution is -0.121. The number of halogens is 2. The van der Waals surface area contributed by atoms with Crippen molar-refractivity contribution < 1.29 is 23.0 Å². The normalized spacial score (nSPS) is 15.1. The predicted octanol–water partition coefficient (Wildman–Crippen LogP) is 3.88. The number of aromatic nitrogens is 2. The summed E-state index contributed by atoms with van der Waals surface area (Å²) in [5, 5.41) is 9.32. The van der Waals surface area contributed by atoms with Crippen LogP contribution in [0, 0.1) is 17.6 Å². The highest BCUT2D eigenvalue weighted by atomic mass is 19.1. The Morgan fingerprint density at radius 1 is 1.30 bits per heavy atom. The summed E-state index contributed by atoms with van der Waals surface area (Å²) in [4.78, 5) is 15.0. The minimum Gasteiger partial charge on any atom is -0.492 e. The van der Waals surface area contributed by atoms with E-state index < -0.39 is 11.7 Å². The Kier molecular flexibility index (Phi) is 6.88. The van der Waals surface area contributed by atoms with Crippen molar-refractivity contribution in [3.8, 4) is 22.6 Å². The maximum Gasteiger partial charge on any atom is 0.231 e. The van der Waals surface area contributed by atoms with Crippen molar-refractivity contribution in [3.05, 3.63) is 59.9 Å². The molecule has 1 aliphatic heterocycles. The third-order valence-corrected chi connectivity index (χ3v) is 5.44. The Labute approximate surface area is 190 Å². The number of hydrogen-bond acceptors (Lipinski definition) is 5. The minimum absolute atomic E-state index is 0.152. The van der Waals surface area contributed by atoms with Crippen LogP contribution in [0.15, 0.2) is 42.7 Å². The SMILES string of the molecule is CN(C)CCCOc1cc(-c2cn[nH]c2)c(F)cc1NC(=O)C1COc2ccc(F)cc2C1. The van der Waals surface area contributed by atoms with Crippen molar-refractivity contribution in [3.63, 3.8) is 0 Å². The molecule has 1 aromatic heterocycles. The molecule has 2 heterocycles. The topological polar surface area (TPSA) is 79.5 Å². The number of aromatic amines is 1. The molecule has 0 saturated heterocycles. The van der Waals surface area contributed by atoms with Crippen LogP contribution in [0.1, 0.15) is 12.0 Å². The van der Waals surface area contributed by atoms with Gasteiger partial charge >= 0.3 is 0 Å². The fourth-order valence-electron chi connectivity index (χ4n) is 3.72. The second-order valence-electron chi connectivity index (χ2n) is 8.27. The molecule has 9 heteroatoms. The van der Waals surface area contributed by atoms with E-state index in [2.05, 4.69) is 15.5 Å². The number of amides is 1. The van der Waals surface area contributed by atoms with Gasteiger partial charge in [-0.15, -0.1) is 0 Å². The number of benzene rings is 2. The van der Waals surface area contributed by atoms with Gasteiger partial charge in [0.25, 0.3) is 0 Å². The standard InChI is InChI=1S/C24H26F2N4O3/c1-30(2)6-3-7-32-23-10-19(17-12-27-28-13-17)20(26)11-21(23)29-24(31)16-8-15-9-18(25)4-5-22(15)33-14-16/h4-5,9-13,16H,3,6-8,14H2,1-2H3,(H,27,28)(H,29,31). The summed E-state index contributed by atoms with van der Waals surface area (Å²) >= 11 is 0. The van der Waals surface area contributed by atoms with Crippen LogP contribution in [0.3, 0.4) is 0 Å². The molecule has 4 rings (SSSR count). The lowest BCUT2D eigenvalue weighted by Gasteiger charge is -2.25. The van der Waals surface area contributed by atoms with Crippen molar-refractivity contribution in [1.29, 1.82) is 0 Å². The first-order valence-electron chi connectivity index (χ1n) is 10.7. The first-order chi connectivity index (χ1) is 15.9. The van der Waals surface area contributed by atoms with Crippen molar-refractivity contribution in [1.82, 2.24) is 15.1 Å². The molecule has 1 atom stereocenters.